The second kappa shape index (κ2) is 6.25. The average Bonchev–Trinajstić information content (AvgIpc) is 2.12. The van der Waals surface area contributed by atoms with Crippen molar-refractivity contribution in [3.63, 3.8) is 0 Å². The van der Waals surface area contributed by atoms with Gasteiger partial charge in [-0.05, 0) is 6.92 Å². The normalized spacial score (nSPS) is 20.8. The summed E-state index contributed by atoms with van der Waals surface area (Å²) in [5.74, 6) is 0. The highest BCUT2D eigenvalue weighted by Crippen LogP contribution is 2.04. The van der Waals surface area contributed by atoms with Crippen LogP contribution >= 0.6 is 0 Å². The van der Waals surface area contributed by atoms with Crippen LogP contribution in [0.15, 0.2) is 0 Å². The molecule has 0 aromatic heterocycles. The van der Waals surface area contributed by atoms with Crippen LogP contribution in [0.2, 0.25) is 0 Å². The Bertz CT molecular complexity index is 128. The summed E-state index contributed by atoms with van der Waals surface area (Å²) >= 11 is 0. The van der Waals surface area contributed by atoms with Crippen LogP contribution in [0.25, 0.3) is 0 Å². The number of rotatable bonds is 6. The van der Waals surface area contributed by atoms with Gasteiger partial charge in [0.05, 0.1) is 13.2 Å². The van der Waals surface area contributed by atoms with Crippen molar-refractivity contribution in [2.24, 2.45) is 0 Å². The van der Waals surface area contributed by atoms with Gasteiger partial charge in [-0.1, -0.05) is 0 Å². The molecule has 0 aliphatic rings. The Hall–Kier alpha value is -0.240. The monoisotopic (exact) mass is 196 g/mol. The van der Waals surface area contributed by atoms with Crippen LogP contribution in [0.3, 0.4) is 0 Å². The van der Waals surface area contributed by atoms with Gasteiger partial charge in [-0.25, -0.2) is 0 Å². The fraction of sp³-hybridized carbons (Fsp3) is 1.00. The Morgan fingerprint density at radius 3 is 1.92 bits per heavy atom. The molecule has 0 rings (SSSR count). The Kier molecular flexibility index (Phi) is 6.13. The summed E-state index contributed by atoms with van der Waals surface area (Å²) < 4.78 is 4.66. The van der Waals surface area contributed by atoms with Crippen LogP contribution in [0.1, 0.15) is 6.92 Å². The first kappa shape index (κ1) is 12.8. The third-order valence-electron chi connectivity index (χ3n) is 1.52. The predicted molar refractivity (Wildman–Crippen MR) is 42.7 cm³/mol. The quantitative estimate of drug-likeness (QED) is 0.298. The topological polar surface area (TPSA) is 110 Å². The van der Waals surface area contributed by atoms with E-state index in [2.05, 4.69) is 4.74 Å². The van der Waals surface area contributed by atoms with Gasteiger partial charge in [-0.15, -0.1) is 0 Å². The Balaban J connectivity index is 3.97. The van der Waals surface area contributed by atoms with Gasteiger partial charge in [-0.3, -0.25) is 0 Å². The highest BCUT2D eigenvalue weighted by molar-refractivity contribution is 4.68. The minimum absolute atomic E-state index is 0.550. The van der Waals surface area contributed by atoms with E-state index in [4.69, 9.17) is 25.5 Å². The molecule has 0 spiro atoms. The largest absolute Gasteiger partial charge is 0.394 e. The highest BCUT2D eigenvalue weighted by Gasteiger charge is 2.23. The maximum absolute atomic E-state index is 9.02. The molecule has 2 unspecified atom stereocenters. The molecule has 6 nitrogen and oxygen atoms in total. The third-order valence-corrected chi connectivity index (χ3v) is 1.52. The molecule has 0 aliphatic carbocycles. The van der Waals surface area contributed by atoms with Crippen molar-refractivity contribution in [1.82, 2.24) is 0 Å². The second-order valence-electron chi connectivity index (χ2n) is 2.74. The summed E-state index contributed by atoms with van der Waals surface area (Å²) in [6.45, 7) is 0.160. The number of aliphatic hydroxyl groups is 5. The summed E-state index contributed by atoms with van der Waals surface area (Å²) in [6.07, 6.45) is -4.99. The fourth-order valence-corrected chi connectivity index (χ4v) is 0.666. The first-order chi connectivity index (χ1) is 6.02. The van der Waals surface area contributed by atoms with E-state index >= 15 is 0 Å². The molecule has 0 aromatic rings. The SMILES string of the molecule is C[C@H](O)C(O)OC(CO)[C@@H](O)CO. The third kappa shape index (κ3) is 4.51. The molecule has 6 heteroatoms. The zero-order chi connectivity index (χ0) is 10.4. The lowest BCUT2D eigenvalue weighted by Gasteiger charge is -2.24. The van der Waals surface area contributed by atoms with Crippen molar-refractivity contribution in [3.05, 3.63) is 0 Å². The number of aliphatic hydroxyl groups excluding tert-OH is 5. The van der Waals surface area contributed by atoms with Gasteiger partial charge in [0.15, 0.2) is 6.29 Å². The smallest absolute Gasteiger partial charge is 0.181 e. The Labute approximate surface area is 76.0 Å². The average molecular weight is 196 g/mol. The summed E-state index contributed by atoms with van der Waals surface area (Å²) in [5, 5.41) is 44.0. The van der Waals surface area contributed by atoms with Crippen LogP contribution in [0, 0.1) is 0 Å². The standard InChI is InChI=1S/C7H16O6/c1-4(10)7(12)13-6(3-9)5(11)2-8/h4-12H,2-3H2,1H3/t4-,5-,6?,7?/m0/s1. The van der Waals surface area contributed by atoms with Crippen LogP contribution in [0.4, 0.5) is 0 Å². The number of ether oxygens (including phenoxy) is 1. The first-order valence-electron chi connectivity index (χ1n) is 3.94. The van der Waals surface area contributed by atoms with Gasteiger partial charge in [0.25, 0.3) is 0 Å². The van der Waals surface area contributed by atoms with E-state index in [1.54, 1.807) is 0 Å². The highest BCUT2D eigenvalue weighted by atomic mass is 16.6. The summed E-state index contributed by atoms with van der Waals surface area (Å²) in [4.78, 5) is 0. The van der Waals surface area contributed by atoms with Crippen molar-refractivity contribution in [2.75, 3.05) is 13.2 Å². The molecule has 0 fully saturated rings. The summed E-state index contributed by atoms with van der Waals surface area (Å²) in [6, 6.07) is 0. The molecular weight excluding hydrogens is 180 g/mol. The van der Waals surface area contributed by atoms with E-state index in [0.717, 1.165) is 0 Å². The minimum atomic E-state index is -1.49. The molecule has 80 valence electrons. The maximum Gasteiger partial charge on any atom is 0.181 e. The van der Waals surface area contributed by atoms with E-state index in [1.807, 2.05) is 0 Å². The van der Waals surface area contributed by atoms with E-state index in [0.29, 0.717) is 0 Å². The molecule has 0 aliphatic heterocycles. The molecule has 0 saturated carbocycles. The Morgan fingerprint density at radius 2 is 1.62 bits per heavy atom. The van der Waals surface area contributed by atoms with E-state index in [9.17, 15) is 0 Å². The van der Waals surface area contributed by atoms with Gasteiger partial charge in [0, 0.05) is 0 Å². The molecule has 0 aromatic carbocycles. The van der Waals surface area contributed by atoms with Gasteiger partial charge < -0.3 is 30.3 Å². The minimum Gasteiger partial charge on any atom is -0.394 e. The molecule has 4 atom stereocenters. The van der Waals surface area contributed by atoms with Gasteiger partial charge in [0.1, 0.15) is 18.3 Å². The molecule has 0 heterocycles. The molecule has 0 bridgehead atoms. The predicted octanol–water partition coefficient (Wildman–Crippen LogP) is -2.58. The molecular formula is C7H16O6. The van der Waals surface area contributed by atoms with Crippen molar-refractivity contribution < 1.29 is 30.3 Å². The van der Waals surface area contributed by atoms with Gasteiger partial charge in [-0.2, -0.15) is 0 Å². The molecule has 13 heavy (non-hydrogen) atoms. The number of hydrogen-bond donors (Lipinski definition) is 5. The molecule has 0 radical (unpaired) electrons. The lowest BCUT2D eigenvalue weighted by molar-refractivity contribution is -0.213. The zero-order valence-electron chi connectivity index (χ0n) is 7.37. The van der Waals surface area contributed by atoms with Crippen LogP contribution in [-0.4, -0.2) is 63.3 Å². The molecule has 5 N–H and O–H groups in total. The van der Waals surface area contributed by atoms with E-state index in [-0.39, 0.29) is 0 Å². The second-order valence-corrected chi connectivity index (χ2v) is 2.74. The van der Waals surface area contributed by atoms with Crippen LogP contribution < -0.4 is 0 Å². The number of hydrogen-bond acceptors (Lipinski definition) is 6. The van der Waals surface area contributed by atoms with Crippen molar-refractivity contribution in [1.29, 1.82) is 0 Å². The zero-order valence-corrected chi connectivity index (χ0v) is 7.37. The first-order valence-corrected chi connectivity index (χ1v) is 3.94. The summed E-state index contributed by atoms with van der Waals surface area (Å²) in [5.41, 5.74) is 0. The van der Waals surface area contributed by atoms with E-state index in [1.165, 1.54) is 6.92 Å². The van der Waals surface area contributed by atoms with Crippen molar-refractivity contribution >= 4 is 0 Å². The fourth-order valence-electron chi connectivity index (χ4n) is 0.666. The van der Waals surface area contributed by atoms with Crippen molar-refractivity contribution in [2.45, 2.75) is 31.5 Å². The van der Waals surface area contributed by atoms with Crippen LogP contribution in [-0.2, 0) is 4.74 Å². The molecule has 0 amide bonds. The van der Waals surface area contributed by atoms with Crippen LogP contribution in [0.5, 0.6) is 0 Å². The van der Waals surface area contributed by atoms with Gasteiger partial charge in [0.2, 0.25) is 0 Å². The lowest BCUT2D eigenvalue weighted by Crippen LogP contribution is -2.41. The van der Waals surface area contributed by atoms with Gasteiger partial charge >= 0.3 is 0 Å². The maximum atomic E-state index is 9.02. The summed E-state index contributed by atoms with van der Waals surface area (Å²) in [7, 11) is 0. The van der Waals surface area contributed by atoms with Crippen molar-refractivity contribution in [3.8, 4) is 0 Å². The lowest BCUT2D eigenvalue weighted by atomic mass is 10.2. The molecule has 0 saturated heterocycles. The Morgan fingerprint density at radius 1 is 1.08 bits per heavy atom. The van der Waals surface area contributed by atoms with E-state index < -0.39 is 37.8 Å².